The zero-order valence-electron chi connectivity index (χ0n) is 15.9. The molecule has 0 spiro atoms. The van der Waals surface area contributed by atoms with E-state index >= 15 is 0 Å². The SMILES string of the molecule is CC(C)=C(C)N/N=C(/c1ccc(COC(=O)C(C)C)cc1)C(C)C. The molecule has 1 N–H and O–H groups in total. The van der Waals surface area contributed by atoms with Gasteiger partial charge in [0.05, 0.1) is 11.6 Å². The van der Waals surface area contributed by atoms with Crippen LogP contribution in [-0.2, 0) is 16.1 Å². The van der Waals surface area contributed by atoms with Crippen molar-refractivity contribution in [2.24, 2.45) is 16.9 Å². The Bertz CT molecular complexity index is 607. The van der Waals surface area contributed by atoms with Crippen LogP contribution in [0.15, 0.2) is 40.6 Å². The molecule has 1 aromatic carbocycles. The number of benzene rings is 1. The Morgan fingerprint density at radius 3 is 2.08 bits per heavy atom. The van der Waals surface area contributed by atoms with Crippen molar-refractivity contribution in [3.63, 3.8) is 0 Å². The summed E-state index contributed by atoms with van der Waals surface area (Å²) < 4.78 is 5.25. The van der Waals surface area contributed by atoms with Gasteiger partial charge in [-0.3, -0.25) is 10.2 Å². The van der Waals surface area contributed by atoms with Crippen LogP contribution in [0.5, 0.6) is 0 Å². The Balaban J connectivity index is 2.85. The lowest BCUT2D eigenvalue weighted by Crippen LogP contribution is -2.16. The van der Waals surface area contributed by atoms with Gasteiger partial charge in [-0.15, -0.1) is 0 Å². The predicted molar refractivity (Wildman–Crippen MR) is 99.6 cm³/mol. The van der Waals surface area contributed by atoms with Crippen molar-refractivity contribution in [2.45, 2.75) is 55.1 Å². The zero-order chi connectivity index (χ0) is 18.3. The fourth-order valence-electron chi connectivity index (χ4n) is 1.88. The van der Waals surface area contributed by atoms with Crippen molar-refractivity contribution in [3.05, 3.63) is 46.7 Å². The van der Waals surface area contributed by atoms with Gasteiger partial charge in [-0.2, -0.15) is 5.10 Å². The molecular weight excluding hydrogens is 300 g/mol. The number of hydrogen-bond acceptors (Lipinski definition) is 4. The normalized spacial score (nSPS) is 11.6. The fourth-order valence-corrected chi connectivity index (χ4v) is 1.88. The molecule has 132 valence electrons. The lowest BCUT2D eigenvalue weighted by molar-refractivity contribution is -0.148. The van der Waals surface area contributed by atoms with E-state index in [1.54, 1.807) is 0 Å². The average Bonchev–Trinajstić information content (AvgIpc) is 2.53. The standard InChI is InChI=1S/C20H30N2O2/c1-13(2)16(7)21-22-19(14(3)4)18-10-8-17(9-11-18)12-24-20(23)15(5)6/h8-11,14-15,21H,12H2,1-7H3/b22-19+. The summed E-state index contributed by atoms with van der Waals surface area (Å²) in [6.07, 6.45) is 0. The number of carbonyl (C=O) groups is 1. The number of nitrogens with zero attached hydrogens (tertiary/aromatic N) is 1. The smallest absolute Gasteiger partial charge is 0.308 e. The summed E-state index contributed by atoms with van der Waals surface area (Å²) in [4.78, 5) is 11.5. The van der Waals surface area contributed by atoms with Crippen LogP contribution in [0.25, 0.3) is 0 Å². The first kappa shape index (κ1) is 19.9. The predicted octanol–water partition coefficient (Wildman–Crippen LogP) is 4.65. The highest BCUT2D eigenvalue weighted by Crippen LogP contribution is 2.13. The van der Waals surface area contributed by atoms with Gasteiger partial charge in [0.15, 0.2) is 0 Å². The summed E-state index contributed by atoms with van der Waals surface area (Å²) >= 11 is 0. The van der Waals surface area contributed by atoms with Crippen molar-refractivity contribution < 1.29 is 9.53 Å². The first-order chi connectivity index (χ1) is 11.2. The van der Waals surface area contributed by atoms with Gasteiger partial charge in [-0.05, 0) is 37.8 Å². The van der Waals surface area contributed by atoms with E-state index in [-0.39, 0.29) is 11.9 Å². The van der Waals surface area contributed by atoms with E-state index in [1.807, 2.05) is 45.0 Å². The number of hydrazone groups is 1. The Labute approximate surface area is 146 Å². The average molecular weight is 330 g/mol. The van der Waals surface area contributed by atoms with Gasteiger partial charge in [0.2, 0.25) is 0 Å². The summed E-state index contributed by atoms with van der Waals surface area (Å²) in [5, 5.41) is 4.57. The maximum Gasteiger partial charge on any atom is 0.308 e. The number of nitrogens with one attached hydrogen (secondary N) is 1. The van der Waals surface area contributed by atoms with Gasteiger partial charge in [0, 0.05) is 5.70 Å². The third-order valence-corrected chi connectivity index (χ3v) is 3.74. The van der Waals surface area contributed by atoms with Crippen molar-refractivity contribution >= 4 is 11.7 Å². The molecule has 0 aliphatic carbocycles. The maximum absolute atomic E-state index is 11.5. The molecule has 0 aromatic heterocycles. The Hall–Kier alpha value is -2.10. The van der Waals surface area contributed by atoms with Gasteiger partial charge in [0.25, 0.3) is 0 Å². The van der Waals surface area contributed by atoms with E-state index in [9.17, 15) is 4.79 Å². The number of hydrogen-bond donors (Lipinski definition) is 1. The lowest BCUT2D eigenvalue weighted by Gasteiger charge is -2.13. The van der Waals surface area contributed by atoms with Crippen molar-refractivity contribution in [1.82, 2.24) is 5.43 Å². The second-order valence-electron chi connectivity index (χ2n) is 6.85. The number of allylic oxidation sites excluding steroid dienone is 2. The fraction of sp³-hybridized carbons (Fsp3) is 0.500. The molecule has 0 bridgehead atoms. The maximum atomic E-state index is 11.5. The minimum absolute atomic E-state index is 0.103. The van der Waals surface area contributed by atoms with E-state index in [0.717, 1.165) is 22.5 Å². The third-order valence-electron chi connectivity index (χ3n) is 3.74. The number of rotatable bonds is 7. The third kappa shape index (κ3) is 6.19. The molecule has 0 saturated carbocycles. The molecule has 24 heavy (non-hydrogen) atoms. The van der Waals surface area contributed by atoms with Gasteiger partial charge in [-0.1, -0.05) is 57.5 Å². The lowest BCUT2D eigenvalue weighted by atomic mass is 9.99. The second-order valence-corrected chi connectivity index (χ2v) is 6.85. The molecule has 0 saturated heterocycles. The molecule has 1 rings (SSSR count). The summed E-state index contributed by atoms with van der Waals surface area (Å²) in [5.41, 5.74) is 8.45. The molecule has 0 atom stereocenters. The molecule has 0 radical (unpaired) electrons. The van der Waals surface area contributed by atoms with Gasteiger partial charge in [-0.25, -0.2) is 0 Å². The molecule has 0 amide bonds. The Morgan fingerprint density at radius 2 is 1.62 bits per heavy atom. The molecule has 0 fully saturated rings. The number of carbonyl (C=O) groups excluding carboxylic acids is 1. The van der Waals surface area contributed by atoms with Gasteiger partial charge in [0.1, 0.15) is 6.61 Å². The quantitative estimate of drug-likeness (QED) is 0.450. The highest BCUT2D eigenvalue weighted by atomic mass is 16.5. The van der Waals surface area contributed by atoms with Crippen molar-refractivity contribution in [2.75, 3.05) is 0 Å². The topological polar surface area (TPSA) is 50.7 Å². The van der Waals surface area contributed by atoms with Crippen molar-refractivity contribution in [1.29, 1.82) is 0 Å². The Kier molecular flexibility index (Phi) is 7.69. The van der Waals surface area contributed by atoms with E-state index in [2.05, 4.69) is 38.2 Å². The van der Waals surface area contributed by atoms with Crippen LogP contribution < -0.4 is 5.43 Å². The molecule has 0 aliphatic rings. The highest BCUT2D eigenvalue weighted by Gasteiger charge is 2.11. The molecule has 4 heteroatoms. The summed E-state index contributed by atoms with van der Waals surface area (Å²) in [6, 6.07) is 8.01. The van der Waals surface area contributed by atoms with E-state index in [0.29, 0.717) is 12.5 Å². The van der Waals surface area contributed by atoms with Crippen LogP contribution in [-0.4, -0.2) is 11.7 Å². The first-order valence-corrected chi connectivity index (χ1v) is 8.46. The number of ether oxygens (including phenoxy) is 1. The zero-order valence-corrected chi connectivity index (χ0v) is 15.9. The molecular formula is C20H30N2O2. The van der Waals surface area contributed by atoms with Crippen LogP contribution in [0.4, 0.5) is 0 Å². The highest BCUT2D eigenvalue weighted by molar-refractivity contribution is 6.01. The van der Waals surface area contributed by atoms with E-state index in [4.69, 9.17) is 4.74 Å². The largest absolute Gasteiger partial charge is 0.461 e. The monoisotopic (exact) mass is 330 g/mol. The van der Waals surface area contributed by atoms with Crippen molar-refractivity contribution in [3.8, 4) is 0 Å². The van der Waals surface area contributed by atoms with Crippen LogP contribution in [0.2, 0.25) is 0 Å². The molecule has 4 nitrogen and oxygen atoms in total. The summed E-state index contributed by atoms with van der Waals surface area (Å²) in [7, 11) is 0. The minimum atomic E-state index is -0.176. The first-order valence-electron chi connectivity index (χ1n) is 8.46. The van der Waals surface area contributed by atoms with Gasteiger partial charge < -0.3 is 4.74 Å². The van der Waals surface area contributed by atoms with Crippen LogP contribution in [0.1, 0.15) is 59.6 Å². The van der Waals surface area contributed by atoms with Crippen LogP contribution in [0.3, 0.4) is 0 Å². The minimum Gasteiger partial charge on any atom is -0.461 e. The van der Waals surface area contributed by atoms with E-state index in [1.165, 1.54) is 5.57 Å². The number of esters is 1. The molecule has 0 heterocycles. The molecule has 0 unspecified atom stereocenters. The summed E-state index contributed by atoms with van der Waals surface area (Å²) in [6.45, 7) is 14.3. The van der Waals surface area contributed by atoms with Gasteiger partial charge >= 0.3 is 5.97 Å². The molecule has 0 aliphatic heterocycles. The van der Waals surface area contributed by atoms with E-state index < -0.39 is 0 Å². The molecule has 1 aromatic rings. The summed E-state index contributed by atoms with van der Waals surface area (Å²) in [5.74, 6) is 0.0188. The van der Waals surface area contributed by atoms with Crippen LogP contribution >= 0.6 is 0 Å². The van der Waals surface area contributed by atoms with Crippen LogP contribution in [0, 0.1) is 11.8 Å². The second kappa shape index (κ2) is 9.26. The Morgan fingerprint density at radius 1 is 1.04 bits per heavy atom.